The summed E-state index contributed by atoms with van der Waals surface area (Å²) in [7, 11) is 0. The minimum atomic E-state index is 0.631. The van der Waals surface area contributed by atoms with Crippen molar-refractivity contribution >= 4 is 35.1 Å². The average molecular weight is 344 g/mol. The van der Waals surface area contributed by atoms with Gasteiger partial charge < -0.3 is 0 Å². The van der Waals surface area contributed by atoms with E-state index in [9.17, 15) is 0 Å². The monoisotopic (exact) mass is 346 g/mol. The molecule has 2 heteroatoms. The third-order valence-electron chi connectivity index (χ3n) is 1.95. The standard InChI is InChI=1S/C7H10Se.C7H8Se/c2*1-2-4-7-5-3-6-8-7/h3,5-6H,2,4H2,1H3;2-6H,1H3. The predicted molar refractivity (Wildman–Crippen MR) is 75.5 cm³/mol. The van der Waals surface area contributed by atoms with Crippen molar-refractivity contribution in [3.63, 3.8) is 0 Å². The second-order valence-corrected chi connectivity index (χ2v) is 7.57. The van der Waals surface area contributed by atoms with E-state index in [1.807, 2.05) is 0 Å². The van der Waals surface area contributed by atoms with Crippen molar-refractivity contribution in [3.8, 4) is 0 Å². The Balaban J connectivity index is 0.000000160. The van der Waals surface area contributed by atoms with Gasteiger partial charge in [0.25, 0.3) is 0 Å². The molecule has 0 nitrogen and oxygen atoms in total. The molecule has 0 radical (unpaired) electrons. The van der Waals surface area contributed by atoms with Gasteiger partial charge in [-0.2, -0.15) is 0 Å². The van der Waals surface area contributed by atoms with Crippen molar-refractivity contribution in [2.75, 3.05) is 0 Å². The van der Waals surface area contributed by atoms with E-state index in [1.54, 1.807) is 4.44 Å². The van der Waals surface area contributed by atoms with Gasteiger partial charge in [0.2, 0.25) is 0 Å². The molecule has 0 aliphatic carbocycles. The molecule has 0 N–H and O–H groups in total. The zero-order valence-corrected chi connectivity index (χ0v) is 13.3. The van der Waals surface area contributed by atoms with Crippen molar-refractivity contribution < 1.29 is 0 Å². The van der Waals surface area contributed by atoms with Gasteiger partial charge in [-0.1, -0.05) is 0 Å². The van der Waals surface area contributed by atoms with Crippen LogP contribution in [0.15, 0.2) is 40.2 Å². The summed E-state index contributed by atoms with van der Waals surface area (Å²) in [6.07, 6.45) is 6.86. The van der Waals surface area contributed by atoms with E-state index in [-0.39, 0.29) is 0 Å². The van der Waals surface area contributed by atoms with E-state index in [0.29, 0.717) is 14.5 Å². The Kier molecular flexibility index (Phi) is 7.63. The Bertz CT molecular complexity index is 369. The molecular formula is C14H18Se2. The molecule has 0 aliphatic heterocycles. The van der Waals surface area contributed by atoms with Crippen molar-refractivity contribution in [2.45, 2.75) is 26.7 Å². The molecule has 0 saturated carbocycles. The summed E-state index contributed by atoms with van der Waals surface area (Å²) in [5, 5.41) is 0. The Hall–Kier alpha value is -0.261. The van der Waals surface area contributed by atoms with Crippen LogP contribution in [0, 0.1) is 0 Å². The summed E-state index contributed by atoms with van der Waals surface area (Å²) in [5.74, 6) is 0. The predicted octanol–water partition coefficient (Wildman–Crippen LogP) is 3.47. The fourth-order valence-corrected chi connectivity index (χ4v) is 4.39. The van der Waals surface area contributed by atoms with Gasteiger partial charge in [0.05, 0.1) is 0 Å². The van der Waals surface area contributed by atoms with Gasteiger partial charge >= 0.3 is 111 Å². The van der Waals surface area contributed by atoms with Crippen LogP contribution in [0.25, 0.3) is 6.08 Å². The first kappa shape index (κ1) is 13.8. The first-order chi connectivity index (χ1) is 7.86. The van der Waals surface area contributed by atoms with E-state index in [4.69, 9.17) is 0 Å². The van der Waals surface area contributed by atoms with Crippen LogP contribution in [-0.4, -0.2) is 29.0 Å². The number of rotatable bonds is 3. The van der Waals surface area contributed by atoms with Crippen molar-refractivity contribution in [2.24, 2.45) is 0 Å². The van der Waals surface area contributed by atoms with Gasteiger partial charge in [0.1, 0.15) is 0 Å². The number of hydrogen-bond acceptors (Lipinski definition) is 0. The van der Waals surface area contributed by atoms with E-state index in [1.165, 1.54) is 17.3 Å². The summed E-state index contributed by atoms with van der Waals surface area (Å²) in [6.45, 7) is 4.28. The Morgan fingerprint density at radius 3 is 2.38 bits per heavy atom. The quantitative estimate of drug-likeness (QED) is 0.748. The molecule has 0 aliphatic rings. The summed E-state index contributed by atoms with van der Waals surface area (Å²) in [6, 6.07) is 8.71. The molecule has 0 unspecified atom stereocenters. The summed E-state index contributed by atoms with van der Waals surface area (Å²) in [5.41, 5.74) is 0. The van der Waals surface area contributed by atoms with Crippen LogP contribution >= 0.6 is 0 Å². The van der Waals surface area contributed by atoms with Gasteiger partial charge in [0, 0.05) is 0 Å². The number of hydrogen-bond donors (Lipinski definition) is 0. The molecule has 2 aromatic heterocycles. The van der Waals surface area contributed by atoms with Crippen LogP contribution in [0.3, 0.4) is 0 Å². The zero-order chi connectivity index (χ0) is 11.6. The summed E-state index contributed by atoms with van der Waals surface area (Å²) >= 11 is 1.35. The van der Waals surface area contributed by atoms with Crippen LogP contribution in [0.1, 0.15) is 29.1 Å². The normalized spacial score (nSPS) is 10.1. The zero-order valence-electron chi connectivity index (χ0n) is 9.85. The van der Waals surface area contributed by atoms with Crippen molar-refractivity contribution in [3.05, 3.63) is 49.1 Å². The maximum atomic E-state index is 2.28. The van der Waals surface area contributed by atoms with Gasteiger partial charge in [-0.05, 0) is 0 Å². The Morgan fingerprint density at radius 1 is 1.12 bits per heavy atom. The van der Waals surface area contributed by atoms with Crippen molar-refractivity contribution in [1.82, 2.24) is 0 Å². The van der Waals surface area contributed by atoms with E-state index >= 15 is 0 Å². The summed E-state index contributed by atoms with van der Waals surface area (Å²) < 4.78 is 3.12. The molecule has 0 spiro atoms. The third-order valence-corrected chi connectivity index (χ3v) is 5.67. The maximum absolute atomic E-state index is 2.28. The van der Waals surface area contributed by atoms with E-state index in [2.05, 4.69) is 60.1 Å². The molecule has 2 rings (SSSR count). The molecule has 86 valence electrons. The van der Waals surface area contributed by atoms with Gasteiger partial charge in [0.15, 0.2) is 0 Å². The molecule has 2 heterocycles. The molecule has 0 aromatic carbocycles. The van der Waals surface area contributed by atoms with Gasteiger partial charge in [-0.25, -0.2) is 0 Å². The second kappa shape index (κ2) is 8.84. The SMILES string of the molecule is CC=Cc1ccc[se]1.CCCc1ccc[se]1. The number of aryl methyl sites for hydroxylation is 1. The fourth-order valence-electron chi connectivity index (χ4n) is 1.25. The topological polar surface area (TPSA) is 0 Å². The van der Waals surface area contributed by atoms with Gasteiger partial charge in [-0.15, -0.1) is 0 Å². The molecule has 2 aromatic rings. The van der Waals surface area contributed by atoms with Crippen LogP contribution in [0.5, 0.6) is 0 Å². The first-order valence-corrected chi connectivity index (χ1v) is 9.24. The average Bonchev–Trinajstić information content (AvgIpc) is 2.92. The fraction of sp³-hybridized carbons (Fsp3) is 0.286. The number of allylic oxidation sites excluding steroid dienone is 1. The molecule has 0 bridgehead atoms. The Labute approximate surface area is 111 Å². The van der Waals surface area contributed by atoms with Crippen LogP contribution in [-0.2, 0) is 6.42 Å². The van der Waals surface area contributed by atoms with Crippen LogP contribution < -0.4 is 0 Å². The van der Waals surface area contributed by atoms with Gasteiger partial charge in [-0.3, -0.25) is 0 Å². The molecule has 0 fully saturated rings. The first-order valence-electron chi connectivity index (χ1n) is 5.55. The minimum absolute atomic E-state index is 0.631. The van der Waals surface area contributed by atoms with Crippen LogP contribution in [0.4, 0.5) is 0 Å². The molecular weight excluding hydrogens is 326 g/mol. The van der Waals surface area contributed by atoms with Crippen LogP contribution in [0.2, 0.25) is 0 Å². The van der Waals surface area contributed by atoms with E-state index < -0.39 is 0 Å². The van der Waals surface area contributed by atoms with E-state index in [0.717, 1.165) is 14.5 Å². The second-order valence-electron chi connectivity index (χ2n) is 3.34. The molecule has 0 atom stereocenters. The molecule has 16 heavy (non-hydrogen) atoms. The molecule has 0 saturated heterocycles. The molecule has 0 amide bonds. The third kappa shape index (κ3) is 5.72. The summed E-state index contributed by atoms with van der Waals surface area (Å²) in [4.78, 5) is 4.50. The Morgan fingerprint density at radius 2 is 1.88 bits per heavy atom. The van der Waals surface area contributed by atoms with Crippen molar-refractivity contribution in [1.29, 1.82) is 0 Å².